The summed E-state index contributed by atoms with van der Waals surface area (Å²) < 4.78 is 17.9. The van der Waals surface area contributed by atoms with Gasteiger partial charge in [-0.05, 0) is 13.0 Å². The lowest BCUT2D eigenvalue weighted by Gasteiger charge is -2.16. The molecule has 4 N–H and O–H groups in total. The molecule has 3 atom stereocenters. The van der Waals surface area contributed by atoms with E-state index in [1.54, 1.807) is 6.92 Å². The molecule has 0 saturated carbocycles. The predicted octanol–water partition coefficient (Wildman–Crippen LogP) is 0.180. The topological polar surface area (TPSA) is 151 Å². The second kappa shape index (κ2) is 5.66. The number of aromatic hydroxyl groups is 1. The van der Waals surface area contributed by atoms with Crippen molar-refractivity contribution in [3.63, 3.8) is 0 Å². The molecule has 2 aromatic rings. The first-order chi connectivity index (χ1) is 10.7. The summed E-state index contributed by atoms with van der Waals surface area (Å²) in [5, 5.41) is 19.9. The standard InChI is InChI=1S/C12H15N4O6P/c1-6-14-10-9(11(18)15-6)13-5-16(10)12-8(17)4-7(22-12)2-3-23(19,20)21/h2-3,5,7-8,12,17H,4H2,1H3,(H,14,15,18)(H2,19,20,21)/b3-2+/t7-,8-,12-/m1/s1. The molecule has 23 heavy (non-hydrogen) atoms. The van der Waals surface area contributed by atoms with Crippen molar-refractivity contribution in [2.75, 3.05) is 0 Å². The lowest BCUT2D eigenvalue weighted by Crippen LogP contribution is -2.19. The average molecular weight is 342 g/mol. The minimum absolute atomic E-state index is 0.164. The third kappa shape index (κ3) is 3.26. The summed E-state index contributed by atoms with van der Waals surface area (Å²) in [5.74, 6) is 0.815. The Morgan fingerprint density at radius 3 is 2.87 bits per heavy atom. The van der Waals surface area contributed by atoms with E-state index >= 15 is 0 Å². The van der Waals surface area contributed by atoms with Crippen molar-refractivity contribution < 1.29 is 29.3 Å². The molecule has 3 heterocycles. The Balaban J connectivity index is 1.91. The molecule has 1 aliphatic rings. The number of aliphatic hydroxyl groups is 1. The molecule has 0 spiro atoms. The number of rotatable bonds is 3. The molecule has 2 aromatic heterocycles. The van der Waals surface area contributed by atoms with Crippen LogP contribution in [0, 0.1) is 6.92 Å². The van der Waals surface area contributed by atoms with Crippen molar-refractivity contribution >= 4 is 18.8 Å². The van der Waals surface area contributed by atoms with Crippen LogP contribution >= 0.6 is 7.60 Å². The zero-order chi connectivity index (χ0) is 16.8. The zero-order valence-electron chi connectivity index (χ0n) is 12.0. The highest BCUT2D eigenvalue weighted by Gasteiger charge is 2.35. The van der Waals surface area contributed by atoms with Crippen molar-refractivity contribution in [1.82, 2.24) is 19.5 Å². The molecular formula is C12H15N4O6P. The Morgan fingerprint density at radius 1 is 1.43 bits per heavy atom. The minimum atomic E-state index is -4.28. The van der Waals surface area contributed by atoms with Gasteiger partial charge in [-0.2, -0.15) is 4.98 Å². The van der Waals surface area contributed by atoms with Crippen molar-refractivity contribution in [2.45, 2.75) is 31.8 Å². The Hall–Kier alpha value is -1.84. The van der Waals surface area contributed by atoms with E-state index < -0.39 is 26.0 Å². The van der Waals surface area contributed by atoms with Gasteiger partial charge in [0.05, 0.1) is 12.4 Å². The van der Waals surface area contributed by atoms with Crippen LogP contribution < -0.4 is 0 Å². The number of ether oxygens (including phenoxy) is 1. The van der Waals surface area contributed by atoms with Crippen molar-refractivity contribution in [2.24, 2.45) is 0 Å². The van der Waals surface area contributed by atoms with Gasteiger partial charge < -0.3 is 24.7 Å². The van der Waals surface area contributed by atoms with E-state index in [-0.39, 0.29) is 17.8 Å². The van der Waals surface area contributed by atoms with Crippen LogP contribution in [0.1, 0.15) is 18.5 Å². The largest absolute Gasteiger partial charge is 0.492 e. The first-order valence-corrected chi connectivity index (χ1v) is 8.41. The van der Waals surface area contributed by atoms with E-state index in [2.05, 4.69) is 15.0 Å². The molecule has 11 heteroatoms. The second-order valence-electron chi connectivity index (χ2n) is 5.22. The predicted molar refractivity (Wildman–Crippen MR) is 77.4 cm³/mol. The molecule has 0 bridgehead atoms. The maximum Gasteiger partial charge on any atom is 0.348 e. The maximum absolute atomic E-state index is 10.9. The molecule has 124 valence electrons. The number of aliphatic hydroxyl groups excluding tert-OH is 1. The van der Waals surface area contributed by atoms with Crippen LogP contribution in [0.25, 0.3) is 11.2 Å². The van der Waals surface area contributed by atoms with Gasteiger partial charge >= 0.3 is 7.60 Å². The van der Waals surface area contributed by atoms with Crippen LogP contribution in [0.5, 0.6) is 5.88 Å². The highest BCUT2D eigenvalue weighted by molar-refractivity contribution is 7.55. The van der Waals surface area contributed by atoms with Gasteiger partial charge in [0, 0.05) is 12.2 Å². The molecule has 0 radical (unpaired) electrons. The fourth-order valence-electron chi connectivity index (χ4n) is 2.46. The first kappa shape index (κ1) is 16.0. The monoisotopic (exact) mass is 342 g/mol. The lowest BCUT2D eigenvalue weighted by atomic mass is 10.2. The van der Waals surface area contributed by atoms with Crippen LogP contribution in [-0.4, -0.2) is 51.7 Å². The van der Waals surface area contributed by atoms with Gasteiger partial charge in [0.15, 0.2) is 17.4 Å². The molecule has 1 fully saturated rings. The fourth-order valence-corrected chi connectivity index (χ4v) is 2.87. The molecule has 0 aliphatic carbocycles. The number of aryl methyl sites for hydroxylation is 1. The van der Waals surface area contributed by atoms with Gasteiger partial charge in [0.1, 0.15) is 11.9 Å². The van der Waals surface area contributed by atoms with Crippen LogP contribution in [-0.2, 0) is 9.30 Å². The molecule has 0 amide bonds. The first-order valence-electron chi connectivity index (χ1n) is 6.73. The molecule has 1 saturated heterocycles. The van der Waals surface area contributed by atoms with E-state index in [1.807, 2.05) is 0 Å². The normalized spacial score (nSPS) is 25.7. The maximum atomic E-state index is 10.9. The van der Waals surface area contributed by atoms with Crippen LogP contribution in [0.3, 0.4) is 0 Å². The zero-order valence-corrected chi connectivity index (χ0v) is 12.9. The van der Waals surface area contributed by atoms with Gasteiger partial charge in [0.25, 0.3) is 0 Å². The quantitative estimate of drug-likeness (QED) is 0.572. The van der Waals surface area contributed by atoms with E-state index in [4.69, 9.17) is 14.5 Å². The number of imidazole rings is 1. The number of hydrogen-bond acceptors (Lipinski definition) is 7. The second-order valence-corrected chi connectivity index (χ2v) is 6.69. The summed E-state index contributed by atoms with van der Waals surface area (Å²) in [5.41, 5.74) is 0.485. The molecular weight excluding hydrogens is 327 g/mol. The smallest absolute Gasteiger partial charge is 0.348 e. The van der Waals surface area contributed by atoms with Crippen LogP contribution in [0.15, 0.2) is 18.2 Å². The molecule has 3 rings (SSSR count). The van der Waals surface area contributed by atoms with Gasteiger partial charge in [0.2, 0.25) is 5.88 Å². The summed E-state index contributed by atoms with van der Waals surface area (Å²) in [7, 11) is -4.28. The summed E-state index contributed by atoms with van der Waals surface area (Å²) in [4.78, 5) is 29.7. The highest BCUT2D eigenvalue weighted by Crippen LogP contribution is 2.38. The summed E-state index contributed by atoms with van der Waals surface area (Å²) in [6.07, 6.45) is 0.340. The average Bonchev–Trinajstić information content (AvgIpc) is 2.99. The number of fused-ring (bicyclic) bond motifs is 1. The van der Waals surface area contributed by atoms with Gasteiger partial charge in [-0.25, -0.2) is 9.97 Å². The number of nitrogens with zero attached hydrogens (tertiary/aromatic N) is 4. The Kier molecular flexibility index (Phi) is 3.95. The Bertz CT molecular complexity index is 815. The van der Waals surface area contributed by atoms with Crippen LogP contribution in [0.4, 0.5) is 0 Å². The van der Waals surface area contributed by atoms with E-state index in [0.29, 0.717) is 11.5 Å². The summed E-state index contributed by atoms with van der Waals surface area (Å²) in [6, 6.07) is 0. The number of hydrogen-bond donors (Lipinski definition) is 4. The fraction of sp³-hybridized carbons (Fsp3) is 0.417. The number of aromatic nitrogens is 4. The van der Waals surface area contributed by atoms with Gasteiger partial charge in [-0.3, -0.25) is 9.13 Å². The molecule has 0 unspecified atom stereocenters. The molecule has 0 aromatic carbocycles. The summed E-state index contributed by atoms with van der Waals surface area (Å²) >= 11 is 0. The van der Waals surface area contributed by atoms with Gasteiger partial charge in [-0.1, -0.05) is 0 Å². The minimum Gasteiger partial charge on any atom is -0.492 e. The third-order valence-electron chi connectivity index (χ3n) is 3.40. The summed E-state index contributed by atoms with van der Waals surface area (Å²) in [6.45, 7) is 1.61. The van der Waals surface area contributed by atoms with Gasteiger partial charge in [-0.15, -0.1) is 0 Å². The van der Waals surface area contributed by atoms with Crippen LogP contribution in [0.2, 0.25) is 0 Å². The van der Waals surface area contributed by atoms with Crippen molar-refractivity contribution in [3.05, 3.63) is 24.0 Å². The van der Waals surface area contributed by atoms with E-state index in [0.717, 1.165) is 5.82 Å². The third-order valence-corrected chi connectivity index (χ3v) is 3.96. The Labute approximate surface area is 130 Å². The SMILES string of the molecule is Cc1nc(O)c2ncn([C@@H]3O[C@H](/C=C/P(=O)(O)O)C[C@H]3O)c2n1. The van der Waals surface area contributed by atoms with Crippen molar-refractivity contribution in [1.29, 1.82) is 0 Å². The highest BCUT2D eigenvalue weighted by atomic mass is 31.2. The molecule has 10 nitrogen and oxygen atoms in total. The lowest BCUT2D eigenvalue weighted by molar-refractivity contribution is -0.0228. The molecule has 1 aliphatic heterocycles. The van der Waals surface area contributed by atoms with E-state index in [9.17, 15) is 14.8 Å². The van der Waals surface area contributed by atoms with E-state index in [1.165, 1.54) is 17.0 Å². The Morgan fingerprint density at radius 2 is 2.17 bits per heavy atom. The van der Waals surface area contributed by atoms with Crippen molar-refractivity contribution in [3.8, 4) is 5.88 Å².